The van der Waals surface area contributed by atoms with Crippen molar-refractivity contribution in [2.75, 3.05) is 33.5 Å². The van der Waals surface area contributed by atoms with Gasteiger partial charge in [-0.15, -0.1) is 0 Å². The molecule has 180 valence electrons. The molecule has 0 aliphatic rings. The molecule has 0 radical (unpaired) electrons. The second-order valence-corrected chi connectivity index (χ2v) is 10.7. The van der Waals surface area contributed by atoms with Gasteiger partial charge >= 0.3 is 0 Å². The van der Waals surface area contributed by atoms with Crippen LogP contribution in [-0.2, 0) is 19.7 Å². The summed E-state index contributed by atoms with van der Waals surface area (Å²) in [5, 5.41) is 19.6. The Balaban J connectivity index is 2.34. The molecule has 2 aromatic rings. The lowest BCUT2D eigenvalue weighted by molar-refractivity contribution is 0.383. The number of rotatable bonds is 10. The molecule has 2 rings (SSSR count). The van der Waals surface area contributed by atoms with Crippen LogP contribution in [0, 0.1) is 0 Å². The van der Waals surface area contributed by atoms with Crippen LogP contribution in [0.25, 0.3) is 12.2 Å². The molecule has 2 aromatic carbocycles. The average Bonchev–Trinajstić information content (AvgIpc) is 2.75. The molecule has 10 nitrogen and oxygen atoms in total. The van der Waals surface area contributed by atoms with Crippen LogP contribution in [-0.4, -0.2) is 60.6 Å². The molecule has 0 atom stereocenters. The van der Waals surface area contributed by atoms with E-state index < -0.39 is 24.8 Å². The molecule has 0 spiro atoms. The highest BCUT2D eigenvalue weighted by Crippen LogP contribution is 2.36. The van der Waals surface area contributed by atoms with Crippen LogP contribution in [0.5, 0.6) is 34.5 Å². The molecule has 0 aromatic heterocycles. The van der Waals surface area contributed by atoms with Crippen LogP contribution in [0.3, 0.4) is 0 Å². The number of benzene rings is 2. The zero-order valence-electron chi connectivity index (χ0n) is 18.3. The van der Waals surface area contributed by atoms with Crippen molar-refractivity contribution in [1.82, 2.24) is 0 Å². The summed E-state index contributed by atoms with van der Waals surface area (Å²) in [6.45, 7) is 0. The zero-order chi connectivity index (χ0) is 24.8. The molecule has 0 aliphatic heterocycles. The highest BCUT2D eigenvalue weighted by molar-refractivity contribution is 8.10. The first-order valence-electron chi connectivity index (χ1n) is 9.17. The first kappa shape index (κ1) is 25.9. The summed E-state index contributed by atoms with van der Waals surface area (Å²) in [6.07, 6.45) is 2.25. The van der Waals surface area contributed by atoms with E-state index in [4.69, 9.17) is 18.9 Å². The van der Waals surface area contributed by atoms with Gasteiger partial charge in [0.25, 0.3) is 0 Å². The SMILES string of the molecule is COc1cc(O)cc(OC)c1C=CS(=O)(=O)CS(=O)(=O)/C=C\c1c(OC)cc(O)cc1OC. The van der Waals surface area contributed by atoms with Crippen molar-refractivity contribution in [3.05, 3.63) is 46.2 Å². The molecule has 0 saturated carbocycles. The number of phenols is 2. The Kier molecular flexibility index (Phi) is 8.23. The molecule has 0 heterocycles. The van der Waals surface area contributed by atoms with Crippen LogP contribution in [0.15, 0.2) is 35.1 Å². The van der Waals surface area contributed by atoms with Crippen molar-refractivity contribution in [3.63, 3.8) is 0 Å². The Bertz CT molecular complexity index is 1130. The quantitative estimate of drug-likeness (QED) is 0.499. The topological polar surface area (TPSA) is 146 Å². The highest BCUT2D eigenvalue weighted by Gasteiger charge is 2.20. The highest BCUT2D eigenvalue weighted by atomic mass is 32.3. The first-order valence-corrected chi connectivity index (χ1v) is 12.6. The van der Waals surface area contributed by atoms with E-state index in [1.165, 1.54) is 52.7 Å². The van der Waals surface area contributed by atoms with Crippen molar-refractivity contribution in [2.45, 2.75) is 0 Å². The Morgan fingerprint density at radius 1 is 0.636 bits per heavy atom. The lowest BCUT2D eigenvalue weighted by Gasteiger charge is -2.11. The van der Waals surface area contributed by atoms with E-state index in [9.17, 15) is 27.0 Å². The van der Waals surface area contributed by atoms with Crippen LogP contribution in [0.1, 0.15) is 11.1 Å². The van der Waals surface area contributed by atoms with Crippen molar-refractivity contribution in [1.29, 1.82) is 0 Å². The van der Waals surface area contributed by atoms with Gasteiger partial charge in [-0.1, -0.05) is 0 Å². The van der Waals surface area contributed by atoms with Gasteiger partial charge in [-0.3, -0.25) is 0 Å². The minimum absolute atomic E-state index is 0.132. The predicted octanol–water partition coefficient (Wildman–Crippen LogP) is 2.56. The zero-order valence-corrected chi connectivity index (χ0v) is 19.9. The molecule has 0 unspecified atom stereocenters. The largest absolute Gasteiger partial charge is 0.508 e. The molecular formula is C21H24O10S2. The van der Waals surface area contributed by atoms with Crippen LogP contribution in [0.4, 0.5) is 0 Å². The third-order valence-corrected chi connectivity index (χ3v) is 8.00. The molecule has 0 bridgehead atoms. The second kappa shape index (κ2) is 10.5. The van der Waals surface area contributed by atoms with Crippen LogP contribution >= 0.6 is 0 Å². The smallest absolute Gasteiger partial charge is 0.186 e. The maximum atomic E-state index is 12.5. The minimum atomic E-state index is -4.24. The number of methoxy groups -OCH3 is 4. The lowest BCUT2D eigenvalue weighted by Crippen LogP contribution is -2.12. The first-order chi connectivity index (χ1) is 15.4. The third kappa shape index (κ3) is 6.80. The summed E-state index contributed by atoms with van der Waals surface area (Å²) in [5.74, 6) is 0.216. The Hall–Kier alpha value is -3.38. The number of sulfone groups is 2. The standard InChI is InChI=1S/C21H24O10S2/c1-28-18-9-14(22)10-19(29-2)16(18)5-7-32(24,25)13-33(26,27)8-6-17-20(30-3)11-15(23)12-21(17)31-4/h5-12,22-23H,13H2,1-4H3/b7-5-,8-6?. The van der Waals surface area contributed by atoms with Gasteiger partial charge in [0.2, 0.25) is 0 Å². The number of phenolic OH excluding ortho intramolecular Hbond substituents is 2. The second-order valence-electron chi connectivity index (χ2n) is 6.58. The number of aromatic hydroxyl groups is 2. The van der Waals surface area contributed by atoms with Gasteiger partial charge in [0.15, 0.2) is 24.8 Å². The fourth-order valence-electron chi connectivity index (χ4n) is 2.83. The van der Waals surface area contributed by atoms with Gasteiger partial charge in [0, 0.05) is 35.1 Å². The third-order valence-electron chi connectivity index (χ3n) is 4.27. The van der Waals surface area contributed by atoms with E-state index in [1.54, 1.807) is 0 Å². The fourth-order valence-corrected chi connectivity index (χ4v) is 5.98. The molecular weight excluding hydrogens is 476 g/mol. The van der Waals surface area contributed by atoms with E-state index >= 15 is 0 Å². The van der Waals surface area contributed by atoms with Crippen LogP contribution in [0.2, 0.25) is 0 Å². The summed E-state index contributed by atoms with van der Waals surface area (Å²) in [6, 6.07) is 5.03. The molecule has 0 amide bonds. The van der Waals surface area contributed by atoms with Gasteiger partial charge in [-0.05, 0) is 12.2 Å². The molecule has 0 aliphatic carbocycles. The van der Waals surface area contributed by atoms with Gasteiger partial charge in [0.05, 0.1) is 39.6 Å². The van der Waals surface area contributed by atoms with Gasteiger partial charge in [0.1, 0.15) is 34.5 Å². The lowest BCUT2D eigenvalue weighted by atomic mass is 10.1. The minimum Gasteiger partial charge on any atom is -0.508 e. The fraction of sp³-hybridized carbons (Fsp3) is 0.238. The van der Waals surface area contributed by atoms with E-state index in [0.29, 0.717) is 0 Å². The average molecular weight is 501 g/mol. The maximum absolute atomic E-state index is 12.5. The monoisotopic (exact) mass is 500 g/mol. The van der Waals surface area contributed by atoms with Gasteiger partial charge in [-0.25, -0.2) is 16.8 Å². The van der Waals surface area contributed by atoms with Crippen LogP contribution < -0.4 is 18.9 Å². The number of hydrogen-bond donors (Lipinski definition) is 2. The molecule has 2 N–H and O–H groups in total. The summed E-state index contributed by atoms with van der Waals surface area (Å²) < 4.78 is 70.4. The summed E-state index contributed by atoms with van der Waals surface area (Å²) in [7, 11) is -3.19. The summed E-state index contributed by atoms with van der Waals surface area (Å²) in [4.78, 5) is 0. The van der Waals surface area contributed by atoms with Crippen molar-refractivity contribution in [2.24, 2.45) is 0 Å². The Morgan fingerprint density at radius 3 is 1.15 bits per heavy atom. The summed E-state index contributed by atoms with van der Waals surface area (Å²) >= 11 is 0. The summed E-state index contributed by atoms with van der Waals surface area (Å²) in [5.41, 5.74) is 0.403. The number of ether oxygens (including phenoxy) is 4. The van der Waals surface area contributed by atoms with Crippen molar-refractivity contribution < 1.29 is 46.0 Å². The van der Waals surface area contributed by atoms with E-state index in [0.717, 1.165) is 23.0 Å². The van der Waals surface area contributed by atoms with E-state index in [-0.39, 0.29) is 45.6 Å². The Morgan fingerprint density at radius 2 is 0.909 bits per heavy atom. The molecule has 0 fully saturated rings. The molecule has 0 saturated heterocycles. The van der Waals surface area contributed by atoms with Crippen molar-refractivity contribution >= 4 is 31.8 Å². The molecule has 33 heavy (non-hydrogen) atoms. The van der Waals surface area contributed by atoms with E-state index in [2.05, 4.69) is 0 Å². The Labute approximate surface area is 192 Å². The van der Waals surface area contributed by atoms with Gasteiger partial charge in [-0.2, -0.15) is 0 Å². The maximum Gasteiger partial charge on any atom is 0.186 e. The van der Waals surface area contributed by atoms with Crippen molar-refractivity contribution in [3.8, 4) is 34.5 Å². The predicted molar refractivity (Wildman–Crippen MR) is 123 cm³/mol. The van der Waals surface area contributed by atoms with Gasteiger partial charge < -0.3 is 29.2 Å². The van der Waals surface area contributed by atoms with E-state index in [1.807, 2.05) is 0 Å². The molecule has 12 heteroatoms. The normalized spacial score (nSPS) is 12.2. The number of hydrogen-bond acceptors (Lipinski definition) is 10.